The molecule has 0 fully saturated rings. The number of rotatable bonds is 11. The van der Waals surface area contributed by atoms with E-state index in [1.807, 2.05) is 42.1 Å². The number of thioether (sulfide) groups is 1. The highest BCUT2D eigenvalue weighted by Crippen LogP contribution is 2.26. The van der Waals surface area contributed by atoms with Crippen LogP contribution in [-0.4, -0.2) is 24.0 Å². The number of hydrogen-bond acceptors (Lipinski definition) is 3. The van der Waals surface area contributed by atoms with Gasteiger partial charge in [0, 0.05) is 5.75 Å². The fourth-order valence-corrected chi connectivity index (χ4v) is 3.55. The second-order valence-electron chi connectivity index (χ2n) is 5.32. The van der Waals surface area contributed by atoms with Crippen LogP contribution >= 0.6 is 11.8 Å². The Balaban J connectivity index is 2.83. The quantitative estimate of drug-likeness (QED) is 0.617. The number of hydrogen-bond donors (Lipinski definition) is 2. The van der Waals surface area contributed by atoms with Crippen LogP contribution in [0.5, 0.6) is 0 Å². The van der Waals surface area contributed by atoms with E-state index in [1.54, 1.807) is 0 Å². The second kappa shape index (κ2) is 9.85. The topological polar surface area (TPSA) is 55.1 Å². The third kappa shape index (κ3) is 5.36. The lowest BCUT2D eigenvalue weighted by atomic mass is 9.91. The fraction of sp³-hybridized carbons (Fsp3) is 0.588. The first-order valence-corrected chi connectivity index (χ1v) is 9.01. The van der Waals surface area contributed by atoms with Gasteiger partial charge >= 0.3 is 0 Å². The lowest BCUT2D eigenvalue weighted by molar-refractivity contribution is -0.123. The maximum atomic E-state index is 12.2. The lowest BCUT2D eigenvalue weighted by Crippen LogP contribution is -2.55. The summed E-state index contributed by atoms with van der Waals surface area (Å²) < 4.78 is 0. The standard InChI is InChI=1S/C17H28N2OS/c1-3-5-9-13-21-14-17(16(18)20,19-12-4-2)15-10-7-6-8-11-15/h6-8,10-11,19H,3-5,9,12-14H2,1-2H3,(H2,18,20). The molecule has 1 rings (SSSR count). The molecule has 0 saturated heterocycles. The van der Waals surface area contributed by atoms with Crippen molar-refractivity contribution in [2.75, 3.05) is 18.1 Å². The number of unbranched alkanes of at least 4 members (excludes halogenated alkanes) is 2. The summed E-state index contributed by atoms with van der Waals surface area (Å²) in [5.41, 5.74) is 5.98. The molecule has 0 radical (unpaired) electrons. The summed E-state index contributed by atoms with van der Waals surface area (Å²) in [5.74, 6) is 1.48. The zero-order chi connectivity index (χ0) is 15.6. The summed E-state index contributed by atoms with van der Waals surface area (Å²) in [6.07, 6.45) is 4.62. The molecule has 1 unspecified atom stereocenters. The Hall–Kier alpha value is -1.00. The SMILES string of the molecule is CCCCCSCC(NCCC)(C(N)=O)c1ccccc1. The predicted molar refractivity (Wildman–Crippen MR) is 92.5 cm³/mol. The molecule has 0 bridgehead atoms. The number of carbonyl (C=O) groups is 1. The molecule has 0 heterocycles. The number of carbonyl (C=O) groups excluding carboxylic acids is 1. The van der Waals surface area contributed by atoms with E-state index in [1.165, 1.54) is 19.3 Å². The highest BCUT2D eigenvalue weighted by Gasteiger charge is 2.37. The second-order valence-corrected chi connectivity index (χ2v) is 6.43. The minimum atomic E-state index is -0.756. The summed E-state index contributed by atoms with van der Waals surface area (Å²) in [4.78, 5) is 12.2. The number of amides is 1. The van der Waals surface area contributed by atoms with Gasteiger partial charge in [-0.3, -0.25) is 10.1 Å². The highest BCUT2D eigenvalue weighted by molar-refractivity contribution is 7.99. The fourth-order valence-electron chi connectivity index (χ4n) is 2.28. The van der Waals surface area contributed by atoms with Gasteiger partial charge in [-0.1, -0.05) is 57.0 Å². The normalized spacial score (nSPS) is 13.8. The van der Waals surface area contributed by atoms with Crippen LogP contribution < -0.4 is 11.1 Å². The highest BCUT2D eigenvalue weighted by atomic mass is 32.2. The van der Waals surface area contributed by atoms with Crippen molar-refractivity contribution in [1.82, 2.24) is 5.32 Å². The van der Waals surface area contributed by atoms with Crippen LogP contribution in [-0.2, 0) is 10.3 Å². The maximum Gasteiger partial charge on any atom is 0.243 e. The molecule has 4 heteroatoms. The molecule has 118 valence electrons. The van der Waals surface area contributed by atoms with Crippen molar-refractivity contribution in [3.63, 3.8) is 0 Å². The summed E-state index contributed by atoms with van der Waals surface area (Å²) in [6, 6.07) is 9.86. The molecule has 1 atom stereocenters. The zero-order valence-electron chi connectivity index (χ0n) is 13.2. The number of nitrogens with one attached hydrogen (secondary N) is 1. The Morgan fingerprint density at radius 1 is 1.19 bits per heavy atom. The van der Waals surface area contributed by atoms with Gasteiger partial charge in [-0.05, 0) is 30.7 Å². The Morgan fingerprint density at radius 2 is 1.90 bits per heavy atom. The van der Waals surface area contributed by atoms with Crippen molar-refractivity contribution >= 4 is 17.7 Å². The van der Waals surface area contributed by atoms with E-state index >= 15 is 0 Å². The summed E-state index contributed by atoms with van der Waals surface area (Å²) in [5, 5.41) is 3.39. The molecule has 0 aliphatic rings. The average Bonchev–Trinajstić information content (AvgIpc) is 2.51. The lowest BCUT2D eigenvalue weighted by Gasteiger charge is -2.32. The first kappa shape index (κ1) is 18.1. The Bertz CT molecular complexity index is 411. The molecule has 3 N–H and O–H groups in total. The monoisotopic (exact) mass is 308 g/mol. The Morgan fingerprint density at radius 3 is 2.48 bits per heavy atom. The molecule has 0 spiro atoms. The smallest absolute Gasteiger partial charge is 0.243 e. The van der Waals surface area contributed by atoms with Gasteiger partial charge in [-0.15, -0.1) is 0 Å². The molecule has 0 aliphatic carbocycles. The van der Waals surface area contributed by atoms with E-state index in [4.69, 9.17) is 5.73 Å². The summed E-state index contributed by atoms with van der Waals surface area (Å²) in [7, 11) is 0. The van der Waals surface area contributed by atoms with Crippen LogP contribution in [0.2, 0.25) is 0 Å². The predicted octanol–water partition coefficient (Wildman–Crippen LogP) is 3.29. The zero-order valence-corrected chi connectivity index (χ0v) is 14.0. The van der Waals surface area contributed by atoms with Crippen molar-refractivity contribution in [2.24, 2.45) is 5.73 Å². The van der Waals surface area contributed by atoms with Crippen molar-refractivity contribution in [3.05, 3.63) is 35.9 Å². The van der Waals surface area contributed by atoms with E-state index in [2.05, 4.69) is 19.2 Å². The summed E-state index contributed by atoms with van der Waals surface area (Å²) >= 11 is 1.81. The van der Waals surface area contributed by atoms with Crippen molar-refractivity contribution < 1.29 is 4.79 Å². The van der Waals surface area contributed by atoms with E-state index in [-0.39, 0.29) is 5.91 Å². The molecule has 1 aromatic rings. The van der Waals surface area contributed by atoms with Gasteiger partial charge in [0.1, 0.15) is 5.54 Å². The van der Waals surface area contributed by atoms with Crippen molar-refractivity contribution in [3.8, 4) is 0 Å². The van der Waals surface area contributed by atoms with E-state index in [0.29, 0.717) is 5.75 Å². The largest absolute Gasteiger partial charge is 0.368 e. The molecular weight excluding hydrogens is 280 g/mol. The van der Waals surface area contributed by atoms with Crippen LogP contribution in [0.15, 0.2) is 30.3 Å². The summed E-state index contributed by atoms with van der Waals surface area (Å²) in [6.45, 7) is 5.08. The van der Waals surface area contributed by atoms with Crippen molar-refractivity contribution in [1.29, 1.82) is 0 Å². The van der Waals surface area contributed by atoms with Gasteiger partial charge in [0.2, 0.25) is 5.91 Å². The minimum absolute atomic E-state index is 0.287. The average molecular weight is 308 g/mol. The van der Waals surface area contributed by atoms with Crippen LogP contribution in [0.25, 0.3) is 0 Å². The maximum absolute atomic E-state index is 12.2. The van der Waals surface area contributed by atoms with Crippen LogP contribution in [0.4, 0.5) is 0 Å². The van der Waals surface area contributed by atoms with Crippen LogP contribution in [0, 0.1) is 0 Å². The number of benzene rings is 1. The first-order valence-electron chi connectivity index (χ1n) is 7.85. The van der Waals surface area contributed by atoms with Gasteiger partial charge in [-0.25, -0.2) is 0 Å². The number of primary amides is 1. The molecule has 3 nitrogen and oxygen atoms in total. The molecule has 1 aromatic carbocycles. The molecule has 0 aromatic heterocycles. The Labute approximate surface area is 133 Å². The Kier molecular flexibility index (Phi) is 8.47. The van der Waals surface area contributed by atoms with Gasteiger partial charge in [0.15, 0.2) is 0 Å². The van der Waals surface area contributed by atoms with E-state index in [0.717, 1.165) is 24.3 Å². The molecule has 21 heavy (non-hydrogen) atoms. The van der Waals surface area contributed by atoms with E-state index < -0.39 is 5.54 Å². The van der Waals surface area contributed by atoms with Gasteiger partial charge in [0.05, 0.1) is 0 Å². The van der Waals surface area contributed by atoms with E-state index in [9.17, 15) is 4.79 Å². The van der Waals surface area contributed by atoms with Crippen molar-refractivity contribution in [2.45, 2.75) is 45.1 Å². The third-order valence-electron chi connectivity index (χ3n) is 3.57. The van der Waals surface area contributed by atoms with Gasteiger partial charge < -0.3 is 5.73 Å². The first-order chi connectivity index (χ1) is 10.2. The molecule has 0 aliphatic heterocycles. The minimum Gasteiger partial charge on any atom is -0.368 e. The van der Waals surface area contributed by atoms with Gasteiger partial charge in [0.25, 0.3) is 0 Å². The van der Waals surface area contributed by atoms with Crippen LogP contribution in [0.1, 0.15) is 45.1 Å². The molecule has 1 amide bonds. The molecule has 0 saturated carbocycles. The molecular formula is C17H28N2OS. The third-order valence-corrected chi connectivity index (χ3v) is 4.79. The van der Waals surface area contributed by atoms with Gasteiger partial charge in [-0.2, -0.15) is 11.8 Å². The van der Waals surface area contributed by atoms with Crippen LogP contribution in [0.3, 0.4) is 0 Å². The number of nitrogens with two attached hydrogens (primary N) is 1.